The number of fused-ring (bicyclic) bond motifs is 2. The number of carbonyl (C=O) groups is 3. The van der Waals surface area contributed by atoms with Crippen molar-refractivity contribution in [3.8, 4) is 5.75 Å². The molecule has 514 valence electrons. The molecular formula is C64H96F3N9O16. The average molecular weight is 1300 g/mol. The number of benzene rings is 2. The molecule has 25 nitrogen and oxygen atoms in total. The summed E-state index contributed by atoms with van der Waals surface area (Å²) in [5.74, 6) is -3.25. The van der Waals surface area contributed by atoms with Crippen LogP contribution in [0, 0.1) is 30.3 Å². The molecule has 3 aliphatic rings. The molecule has 3 unspecified atom stereocenters. The second-order valence-corrected chi connectivity index (χ2v) is 22.8. The van der Waals surface area contributed by atoms with E-state index in [2.05, 4.69) is 72.9 Å². The number of aromatic nitrogens is 6. The van der Waals surface area contributed by atoms with Crippen LogP contribution < -0.4 is 10.1 Å². The molecular weight excluding hydrogens is 1210 g/mol. The summed E-state index contributed by atoms with van der Waals surface area (Å²) in [4.78, 5) is 43.2. The molecule has 3 aliphatic heterocycles. The summed E-state index contributed by atoms with van der Waals surface area (Å²) in [5, 5.41) is 20.7. The van der Waals surface area contributed by atoms with Gasteiger partial charge in [0.2, 0.25) is 17.6 Å². The molecule has 3 fully saturated rings. The highest BCUT2D eigenvalue weighted by Crippen LogP contribution is 2.46. The predicted molar refractivity (Wildman–Crippen MR) is 327 cm³/mol. The molecule has 92 heavy (non-hydrogen) atoms. The van der Waals surface area contributed by atoms with Crippen molar-refractivity contribution in [1.29, 1.82) is 0 Å². The smallest absolute Gasteiger partial charge is 0.313 e. The van der Waals surface area contributed by atoms with E-state index in [9.17, 15) is 27.6 Å². The first kappa shape index (κ1) is 73.8. The third-order valence-corrected chi connectivity index (χ3v) is 15.9. The Morgan fingerprint density at radius 2 is 1.10 bits per heavy atom. The van der Waals surface area contributed by atoms with Gasteiger partial charge in [0.25, 0.3) is 0 Å². The summed E-state index contributed by atoms with van der Waals surface area (Å²) in [6.07, 6.45) is 7.45. The number of hydrogen-bond acceptors (Lipinski definition) is 21. The third-order valence-electron chi connectivity index (χ3n) is 15.9. The van der Waals surface area contributed by atoms with Gasteiger partial charge in [0, 0.05) is 55.7 Å². The van der Waals surface area contributed by atoms with Crippen LogP contribution in [-0.2, 0) is 84.4 Å². The number of halogens is 3. The van der Waals surface area contributed by atoms with Gasteiger partial charge < -0.3 is 76.4 Å². The summed E-state index contributed by atoms with van der Waals surface area (Å²) >= 11 is 0. The second-order valence-electron chi connectivity index (χ2n) is 22.8. The number of nitrogens with one attached hydrogen (secondary N) is 1. The fraction of sp³-hybridized carbons (Fsp3) is 0.703. The van der Waals surface area contributed by atoms with Crippen molar-refractivity contribution in [3.05, 3.63) is 89.0 Å². The van der Waals surface area contributed by atoms with Crippen LogP contribution >= 0.6 is 0 Å². The lowest BCUT2D eigenvalue weighted by atomic mass is 9.94. The molecule has 1 N–H and O–H groups in total. The normalized spacial score (nSPS) is 17.2. The van der Waals surface area contributed by atoms with E-state index in [-0.39, 0.29) is 56.4 Å². The molecule has 0 spiro atoms. The number of carbonyl (C=O) groups excluding carboxylic acids is 3. The molecule has 2 aromatic heterocycles. The zero-order valence-electron chi connectivity index (χ0n) is 53.8. The molecule has 0 aliphatic carbocycles. The Morgan fingerprint density at radius 1 is 0.587 bits per heavy atom. The molecule has 2 aromatic carbocycles. The maximum atomic E-state index is 13.8. The van der Waals surface area contributed by atoms with Crippen LogP contribution in [0.5, 0.6) is 5.75 Å². The molecule has 0 saturated carbocycles. The minimum Gasteiger partial charge on any atom is -0.420 e. The Hall–Kier alpha value is -5.60. The number of amides is 2. The minimum absolute atomic E-state index is 0.0418. The fourth-order valence-corrected chi connectivity index (χ4v) is 11.3. The molecule has 7 rings (SSSR count). The minimum atomic E-state index is -1.31. The topological polar surface area (TPSA) is 251 Å². The largest absolute Gasteiger partial charge is 0.420 e. The summed E-state index contributed by atoms with van der Waals surface area (Å²) in [6.45, 7) is 17.8. The third kappa shape index (κ3) is 26.3. The second kappa shape index (κ2) is 42.7. The van der Waals surface area contributed by atoms with E-state index in [0.717, 1.165) is 36.6 Å². The van der Waals surface area contributed by atoms with Gasteiger partial charge >= 0.3 is 5.97 Å². The maximum Gasteiger partial charge on any atom is 0.313 e. The van der Waals surface area contributed by atoms with Crippen LogP contribution in [0.3, 0.4) is 0 Å². The monoisotopic (exact) mass is 1300 g/mol. The summed E-state index contributed by atoms with van der Waals surface area (Å²) in [5.41, 5.74) is 1.83. The highest BCUT2D eigenvalue weighted by molar-refractivity contribution is 5.80. The van der Waals surface area contributed by atoms with Gasteiger partial charge in [-0.15, -0.1) is 15.3 Å². The first-order chi connectivity index (χ1) is 44.9. The van der Waals surface area contributed by atoms with Crippen LogP contribution in [0.25, 0.3) is 0 Å². The van der Waals surface area contributed by atoms with E-state index in [1.54, 1.807) is 4.68 Å². The van der Waals surface area contributed by atoms with E-state index in [4.69, 9.17) is 56.8 Å². The Labute approximate surface area is 537 Å². The first-order valence-electron chi connectivity index (χ1n) is 32.4. The molecule has 5 heterocycles. The zero-order chi connectivity index (χ0) is 65.0. The summed E-state index contributed by atoms with van der Waals surface area (Å²) < 4.78 is 115. The van der Waals surface area contributed by atoms with E-state index >= 15 is 0 Å². The predicted octanol–water partition coefficient (Wildman–Crippen LogP) is 5.77. The number of rotatable bonds is 50. The Morgan fingerprint density at radius 3 is 1.64 bits per heavy atom. The van der Waals surface area contributed by atoms with E-state index in [0.29, 0.717) is 213 Å². The van der Waals surface area contributed by atoms with Crippen molar-refractivity contribution >= 4 is 17.8 Å². The number of nitrogens with zero attached hydrogens (tertiary/aromatic N) is 8. The quantitative estimate of drug-likeness (QED) is 0.0313. The number of likely N-dealkylation sites (tertiary alicyclic amines) is 1. The van der Waals surface area contributed by atoms with Crippen molar-refractivity contribution in [1.82, 2.24) is 44.9 Å². The Balaban J connectivity index is 0.573. The van der Waals surface area contributed by atoms with E-state index < -0.39 is 29.2 Å². The molecule has 28 heteroatoms. The number of ether oxygens (including phenoxy) is 13. The molecule has 2 bridgehead atoms. The van der Waals surface area contributed by atoms with Crippen LogP contribution in [0.4, 0.5) is 13.2 Å². The van der Waals surface area contributed by atoms with Crippen LogP contribution in [0.15, 0.2) is 48.7 Å². The zero-order valence-corrected chi connectivity index (χ0v) is 53.8. The molecule has 3 saturated heterocycles. The Bertz CT molecular complexity index is 2690. The van der Waals surface area contributed by atoms with Crippen LogP contribution in [0.2, 0.25) is 0 Å². The van der Waals surface area contributed by atoms with Gasteiger partial charge in [0.15, 0.2) is 11.6 Å². The van der Waals surface area contributed by atoms with Crippen LogP contribution in [0.1, 0.15) is 106 Å². The lowest BCUT2D eigenvalue weighted by molar-refractivity contribution is -0.137. The molecule has 2 amide bonds. The Kier molecular flexibility index (Phi) is 34.2. The number of aryl methyl sites for hydroxylation is 1. The maximum absolute atomic E-state index is 13.8. The van der Waals surface area contributed by atoms with Gasteiger partial charge in [-0.2, -0.15) is 0 Å². The van der Waals surface area contributed by atoms with E-state index in [1.807, 2.05) is 29.3 Å². The first-order valence-corrected chi connectivity index (χ1v) is 32.4. The molecule has 4 atom stereocenters. The number of esters is 1. The SMILES string of the molecule is Cc1nnc(C(C)C)n1C1CC2CCC1N2CC[C@H](NC(=O)C1CCN(C(=O)CCOCCOCCOCCOCc2cn(CCOCCOCCOCCOCCOCCOCCOCCOCCC(=O)Oc3c(F)cc(F)cc3F)nn2)CC1)c1ccccc1. The van der Waals surface area contributed by atoms with E-state index in [1.165, 1.54) is 12.8 Å². The van der Waals surface area contributed by atoms with Gasteiger partial charge in [0.1, 0.15) is 23.2 Å². The van der Waals surface area contributed by atoms with Crippen molar-refractivity contribution in [2.45, 2.75) is 115 Å². The summed E-state index contributed by atoms with van der Waals surface area (Å²) in [6, 6.07) is 12.4. The average Bonchev–Trinajstić information content (AvgIpc) is 1.60. The number of piperidine rings is 1. The van der Waals surface area contributed by atoms with Crippen molar-refractivity contribution in [2.75, 3.05) is 172 Å². The van der Waals surface area contributed by atoms with Gasteiger partial charge in [-0.05, 0) is 51.0 Å². The molecule has 4 aromatic rings. The van der Waals surface area contributed by atoms with Crippen molar-refractivity contribution in [3.63, 3.8) is 0 Å². The van der Waals surface area contributed by atoms with Crippen molar-refractivity contribution < 1.29 is 89.1 Å². The summed E-state index contributed by atoms with van der Waals surface area (Å²) in [7, 11) is 0. The van der Waals surface area contributed by atoms with Gasteiger partial charge in [-0.3, -0.25) is 19.3 Å². The highest BCUT2D eigenvalue weighted by Gasteiger charge is 2.48. The van der Waals surface area contributed by atoms with Crippen molar-refractivity contribution in [2.24, 2.45) is 5.92 Å². The lowest BCUT2D eigenvalue weighted by Gasteiger charge is -2.33. The lowest BCUT2D eigenvalue weighted by Crippen LogP contribution is -2.44. The standard InChI is InChI=1S/C64H96F3N9O16/c1-48(2)63-71-69-49(3)76(63)59-45-54-9-10-58(59)75(54)18-13-57(50-7-5-4-6-8-50)68-64(79)51-11-16-73(17-12-51)60(77)14-20-80-23-26-83-39-40-90-41-42-91-47-53-46-74(72-70-53)19-22-82-25-28-85-30-32-87-34-36-89-38-37-88-35-33-86-31-29-84-27-24-81-21-15-61(78)92-62-55(66)43-52(65)44-56(62)67/h4-8,43-44,46,48,51,54,57-59H,9-42,45,47H2,1-3H3,(H,68,79)/t54?,57-,58?,59?/m0/s1. The highest BCUT2D eigenvalue weighted by atomic mass is 19.1. The van der Waals surface area contributed by atoms with Crippen LogP contribution in [-0.4, -0.2) is 241 Å². The van der Waals surface area contributed by atoms with Gasteiger partial charge in [-0.25, -0.2) is 17.9 Å². The van der Waals surface area contributed by atoms with Gasteiger partial charge in [0.05, 0.1) is 196 Å². The number of hydrogen-bond donors (Lipinski definition) is 1. The molecule has 0 radical (unpaired) electrons. The van der Waals surface area contributed by atoms with Gasteiger partial charge in [-0.1, -0.05) is 49.4 Å². The fourth-order valence-electron chi connectivity index (χ4n) is 11.3.